The Morgan fingerprint density at radius 1 is 1.00 bits per heavy atom. The maximum atomic E-state index is 6.08. The number of fused-ring (bicyclic) bond motifs is 1. The molecule has 1 aromatic heterocycles. The standard InChI is InChI=1S/C18H14ClN/c1-13-16-12-15(19)9-11-18(16)20(2)17(13)10-8-14-6-4-3-5-7-14/h3-7,9,11-12H,1-2H3. The average Bonchev–Trinajstić information content (AvgIpc) is 2.70. The first kappa shape index (κ1) is 12.8. The lowest BCUT2D eigenvalue weighted by Crippen LogP contribution is -1.92. The maximum Gasteiger partial charge on any atom is 0.0961 e. The molecule has 0 fully saturated rings. The molecule has 2 heteroatoms. The summed E-state index contributed by atoms with van der Waals surface area (Å²) < 4.78 is 2.12. The zero-order chi connectivity index (χ0) is 14.1. The van der Waals surface area contributed by atoms with Crippen molar-refractivity contribution in [1.29, 1.82) is 0 Å². The van der Waals surface area contributed by atoms with Gasteiger partial charge in [0.1, 0.15) is 0 Å². The number of hydrogen-bond donors (Lipinski definition) is 0. The summed E-state index contributed by atoms with van der Waals surface area (Å²) in [6.07, 6.45) is 0. The van der Waals surface area contributed by atoms with Gasteiger partial charge in [-0.05, 0) is 48.7 Å². The van der Waals surface area contributed by atoms with Crippen LogP contribution in [0.25, 0.3) is 10.9 Å². The predicted octanol–water partition coefficient (Wildman–Crippen LogP) is 4.54. The van der Waals surface area contributed by atoms with Crippen LogP contribution in [0.3, 0.4) is 0 Å². The largest absolute Gasteiger partial charge is 0.337 e. The van der Waals surface area contributed by atoms with Gasteiger partial charge in [-0.15, -0.1) is 0 Å². The molecular formula is C18H14ClN. The molecule has 1 nitrogen and oxygen atoms in total. The van der Waals surface area contributed by atoms with Crippen LogP contribution < -0.4 is 0 Å². The summed E-state index contributed by atoms with van der Waals surface area (Å²) in [5, 5.41) is 1.92. The first-order valence-electron chi connectivity index (χ1n) is 6.48. The summed E-state index contributed by atoms with van der Waals surface area (Å²) >= 11 is 6.08. The fourth-order valence-corrected chi connectivity index (χ4v) is 2.60. The third-order valence-corrected chi connectivity index (χ3v) is 3.75. The Hall–Kier alpha value is -2.17. The Morgan fingerprint density at radius 2 is 1.75 bits per heavy atom. The molecule has 0 unspecified atom stereocenters. The third-order valence-electron chi connectivity index (χ3n) is 3.51. The molecule has 0 N–H and O–H groups in total. The van der Waals surface area contributed by atoms with Crippen molar-refractivity contribution in [3.8, 4) is 11.8 Å². The predicted molar refractivity (Wildman–Crippen MR) is 85.1 cm³/mol. The van der Waals surface area contributed by atoms with Crippen LogP contribution in [0.1, 0.15) is 16.8 Å². The number of halogens is 1. The number of benzene rings is 2. The van der Waals surface area contributed by atoms with E-state index in [1.165, 1.54) is 5.56 Å². The van der Waals surface area contributed by atoms with Crippen molar-refractivity contribution in [2.45, 2.75) is 6.92 Å². The van der Waals surface area contributed by atoms with Gasteiger partial charge in [-0.3, -0.25) is 0 Å². The van der Waals surface area contributed by atoms with Crippen LogP contribution in [0.2, 0.25) is 5.02 Å². The van der Waals surface area contributed by atoms with E-state index in [1.54, 1.807) is 0 Å². The Kier molecular flexibility index (Phi) is 3.26. The molecule has 2 aromatic carbocycles. The van der Waals surface area contributed by atoms with E-state index in [1.807, 2.05) is 55.6 Å². The Bertz CT molecular complexity index is 832. The lowest BCUT2D eigenvalue weighted by Gasteiger charge is -1.97. The second-order valence-electron chi connectivity index (χ2n) is 4.81. The minimum Gasteiger partial charge on any atom is -0.337 e. The highest BCUT2D eigenvalue weighted by Crippen LogP contribution is 2.26. The number of rotatable bonds is 0. The molecule has 0 aliphatic carbocycles. The van der Waals surface area contributed by atoms with Crippen LogP contribution in [0.4, 0.5) is 0 Å². The summed E-state index contributed by atoms with van der Waals surface area (Å²) in [6, 6.07) is 16.0. The molecular weight excluding hydrogens is 266 g/mol. The first-order chi connectivity index (χ1) is 9.66. The lowest BCUT2D eigenvalue weighted by molar-refractivity contribution is 0.945. The van der Waals surface area contributed by atoms with Gasteiger partial charge in [-0.25, -0.2) is 0 Å². The van der Waals surface area contributed by atoms with Crippen molar-refractivity contribution in [3.63, 3.8) is 0 Å². The highest BCUT2D eigenvalue weighted by atomic mass is 35.5. The van der Waals surface area contributed by atoms with E-state index >= 15 is 0 Å². The summed E-state index contributed by atoms with van der Waals surface area (Å²) in [5.41, 5.74) is 4.39. The molecule has 1 heterocycles. The second-order valence-corrected chi connectivity index (χ2v) is 5.25. The molecule has 0 bridgehead atoms. The topological polar surface area (TPSA) is 4.93 Å². The van der Waals surface area contributed by atoms with Crippen LogP contribution in [0.15, 0.2) is 48.5 Å². The minimum atomic E-state index is 0.758. The Morgan fingerprint density at radius 3 is 2.50 bits per heavy atom. The van der Waals surface area contributed by atoms with Crippen molar-refractivity contribution >= 4 is 22.5 Å². The number of hydrogen-bond acceptors (Lipinski definition) is 0. The SMILES string of the molecule is Cc1c(C#Cc2ccccc2)n(C)c2ccc(Cl)cc12. The fourth-order valence-electron chi connectivity index (χ4n) is 2.43. The van der Waals surface area contributed by atoms with E-state index in [-0.39, 0.29) is 0 Å². The number of aromatic nitrogens is 1. The van der Waals surface area contributed by atoms with Gasteiger partial charge in [0.2, 0.25) is 0 Å². The van der Waals surface area contributed by atoms with Crippen molar-refractivity contribution in [3.05, 3.63) is 70.4 Å². The Labute approximate surface area is 123 Å². The third kappa shape index (κ3) is 2.19. The van der Waals surface area contributed by atoms with Gasteiger partial charge in [0.15, 0.2) is 0 Å². The normalized spacial score (nSPS) is 10.3. The summed E-state index contributed by atoms with van der Waals surface area (Å²) in [7, 11) is 2.04. The van der Waals surface area contributed by atoms with E-state index in [2.05, 4.69) is 23.3 Å². The lowest BCUT2D eigenvalue weighted by atomic mass is 10.1. The Balaban J connectivity index is 2.16. The van der Waals surface area contributed by atoms with Crippen LogP contribution in [-0.2, 0) is 7.05 Å². The monoisotopic (exact) mass is 279 g/mol. The number of aryl methyl sites for hydroxylation is 2. The van der Waals surface area contributed by atoms with Crippen molar-refractivity contribution in [2.24, 2.45) is 7.05 Å². The molecule has 0 amide bonds. The molecule has 0 radical (unpaired) electrons. The zero-order valence-electron chi connectivity index (χ0n) is 11.4. The molecule has 0 saturated heterocycles. The van der Waals surface area contributed by atoms with Crippen molar-refractivity contribution < 1.29 is 0 Å². The van der Waals surface area contributed by atoms with Crippen LogP contribution >= 0.6 is 11.6 Å². The van der Waals surface area contributed by atoms with Gasteiger partial charge in [-0.1, -0.05) is 35.7 Å². The van der Waals surface area contributed by atoms with Gasteiger partial charge in [0, 0.05) is 28.5 Å². The molecule has 0 saturated carbocycles. The van der Waals surface area contributed by atoms with Gasteiger partial charge in [0.25, 0.3) is 0 Å². The maximum absolute atomic E-state index is 6.08. The quantitative estimate of drug-likeness (QED) is 0.533. The van der Waals surface area contributed by atoms with Crippen LogP contribution in [0.5, 0.6) is 0 Å². The van der Waals surface area contributed by atoms with Crippen molar-refractivity contribution in [1.82, 2.24) is 4.57 Å². The minimum absolute atomic E-state index is 0.758. The summed E-state index contributed by atoms with van der Waals surface area (Å²) in [5.74, 6) is 6.49. The molecule has 0 aliphatic heterocycles. The zero-order valence-corrected chi connectivity index (χ0v) is 12.2. The molecule has 0 aliphatic rings. The van der Waals surface area contributed by atoms with E-state index < -0.39 is 0 Å². The number of nitrogens with zero attached hydrogens (tertiary/aromatic N) is 1. The average molecular weight is 280 g/mol. The van der Waals surface area contributed by atoms with Gasteiger partial charge in [-0.2, -0.15) is 0 Å². The highest BCUT2D eigenvalue weighted by Gasteiger charge is 2.09. The fraction of sp³-hybridized carbons (Fsp3) is 0.111. The highest BCUT2D eigenvalue weighted by molar-refractivity contribution is 6.31. The van der Waals surface area contributed by atoms with Crippen LogP contribution in [-0.4, -0.2) is 4.57 Å². The van der Waals surface area contributed by atoms with Crippen molar-refractivity contribution in [2.75, 3.05) is 0 Å². The molecule has 3 rings (SSSR count). The summed E-state index contributed by atoms with van der Waals surface area (Å²) in [4.78, 5) is 0. The van der Waals surface area contributed by atoms with Gasteiger partial charge >= 0.3 is 0 Å². The molecule has 0 spiro atoms. The summed E-state index contributed by atoms with van der Waals surface area (Å²) in [6.45, 7) is 2.09. The van der Waals surface area contributed by atoms with E-state index in [0.717, 1.165) is 27.2 Å². The smallest absolute Gasteiger partial charge is 0.0961 e. The second kappa shape index (κ2) is 5.07. The van der Waals surface area contributed by atoms with E-state index in [4.69, 9.17) is 11.6 Å². The van der Waals surface area contributed by atoms with Crippen LogP contribution in [0, 0.1) is 18.8 Å². The first-order valence-corrected chi connectivity index (χ1v) is 6.86. The van der Waals surface area contributed by atoms with E-state index in [9.17, 15) is 0 Å². The van der Waals surface area contributed by atoms with Gasteiger partial charge in [0.05, 0.1) is 5.69 Å². The molecule has 20 heavy (non-hydrogen) atoms. The van der Waals surface area contributed by atoms with Gasteiger partial charge < -0.3 is 4.57 Å². The molecule has 3 aromatic rings. The molecule has 0 atom stereocenters. The molecule has 98 valence electrons. The van der Waals surface area contributed by atoms with E-state index in [0.29, 0.717) is 0 Å².